The van der Waals surface area contributed by atoms with Crippen molar-refractivity contribution in [1.29, 1.82) is 0 Å². The van der Waals surface area contributed by atoms with E-state index in [1.54, 1.807) is 7.11 Å². The molecular weight excluding hydrogens is 226 g/mol. The molecule has 3 rings (SSSR count). The quantitative estimate of drug-likeness (QED) is 0.682. The van der Waals surface area contributed by atoms with Crippen LogP contribution in [0.4, 0.5) is 0 Å². The van der Waals surface area contributed by atoms with Gasteiger partial charge in [0.25, 0.3) is 0 Å². The minimum atomic E-state index is 0.641. The third-order valence-corrected chi connectivity index (χ3v) is 2.94. The fraction of sp³-hybridized carbons (Fsp3) is 0.133. The van der Waals surface area contributed by atoms with Gasteiger partial charge in [-0.2, -0.15) is 0 Å². The summed E-state index contributed by atoms with van der Waals surface area (Å²) in [4.78, 5) is 4.47. The molecule has 0 atom stereocenters. The van der Waals surface area contributed by atoms with Crippen molar-refractivity contribution >= 4 is 11.1 Å². The first kappa shape index (κ1) is 10.8. The molecule has 0 amide bonds. The van der Waals surface area contributed by atoms with E-state index in [1.807, 2.05) is 49.4 Å². The molecular formula is C15H13NO2. The molecule has 3 heteroatoms. The van der Waals surface area contributed by atoms with Crippen molar-refractivity contribution < 1.29 is 9.15 Å². The van der Waals surface area contributed by atoms with Crippen molar-refractivity contribution in [3.63, 3.8) is 0 Å². The number of ether oxygens (including phenoxy) is 1. The third kappa shape index (κ3) is 1.74. The fourth-order valence-corrected chi connectivity index (χ4v) is 2.01. The summed E-state index contributed by atoms with van der Waals surface area (Å²) in [7, 11) is 1.67. The van der Waals surface area contributed by atoms with Gasteiger partial charge in [0.15, 0.2) is 5.58 Å². The van der Waals surface area contributed by atoms with Crippen LogP contribution in [0.3, 0.4) is 0 Å². The molecule has 2 aromatic carbocycles. The van der Waals surface area contributed by atoms with Gasteiger partial charge in [-0.25, -0.2) is 4.98 Å². The maximum absolute atomic E-state index is 5.73. The SMILES string of the molecule is COc1ccc(-c2nc3ccccc3o2)cc1C. The number of nitrogens with zero attached hydrogens (tertiary/aromatic N) is 1. The minimum Gasteiger partial charge on any atom is -0.496 e. The Labute approximate surface area is 105 Å². The van der Waals surface area contributed by atoms with Crippen LogP contribution in [-0.2, 0) is 0 Å². The van der Waals surface area contributed by atoms with E-state index in [0.29, 0.717) is 5.89 Å². The third-order valence-electron chi connectivity index (χ3n) is 2.94. The monoisotopic (exact) mass is 239 g/mol. The molecule has 90 valence electrons. The van der Waals surface area contributed by atoms with Crippen LogP contribution in [0.5, 0.6) is 5.75 Å². The van der Waals surface area contributed by atoms with E-state index in [2.05, 4.69) is 4.98 Å². The summed E-state index contributed by atoms with van der Waals surface area (Å²) in [5.74, 6) is 1.51. The van der Waals surface area contributed by atoms with Crippen LogP contribution >= 0.6 is 0 Å². The van der Waals surface area contributed by atoms with Gasteiger partial charge in [-0.15, -0.1) is 0 Å². The molecule has 0 saturated heterocycles. The Morgan fingerprint density at radius 3 is 2.67 bits per heavy atom. The number of aryl methyl sites for hydroxylation is 1. The number of fused-ring (bicyclic) bond motifs is 1. The Bertz CT molecular complexity index is 668. The highest BCUT2D eigenvalue weighted by atomic mass is 16.5. The Morgan fingerprint density at radius 1 is 1.11 bits per heavy atom. The largest absolute Gasteiger partial charge is 0.496 e. The van der Waals surface area contributed by atoms with Crippen LogP contribution < -0.4 is 4.74 Å². The van der Waals surface area contributed by atoms with Crippen molar-refractivity contribution in [2.75, 3.05) is 7.11 Å². The number of hydrogen-bond donors (Lipinski definition) is 0. The van der Waals surface area contributed by atoms with E-state index in [9.17, 15) is 0 Å². The molecule has 0 N–H and O–H groups in total. The van der Waals surface area contributed by atoms with Crippen LogP contribution in [-0.4, -0.2) is 12.1 Å². The summed E-state index contributed by atoms with van der Waals surface area (Å²) in [5, 5.41) is 0. The van der Waals surface area contributed by atoms with Crippen LogP contribution in [0.25, 0.3) is 22.6 Å². The molecule has 0 saturated carbocycles. The Morgan fingerprint density at radius 2 is 1.94 bits per heavy atom. The molecule has 3 nitrogen and oxygen atoms in total. The van der Waals surface area contributed by atoms with Gasteiger partial charge in [0.1, 0.15) is 11.3 Å². The average Bonchev–Trinajstić information content (AvgIpc) is 2.82. The van der Waals surface area contributed by atoms with Gasteiger partial charge in [-0.3, -0.25) is 0 Å². The highest BCUT2D eigenvalue weighted by Gasteiger charge is 2.09. The van der Waals surface area contributed by atoms with Gasteiger partial charge in [-0.1, -0.05) is 12.1 Å². The first-order chi connectivity index (χ1) is 8.78. The van der Waals surface area contributed by atoms with Crippen LogP contribution in [0.15, 0.2) is 46.9 Å². The fourth-order valence-electron chi connectivity index (χ4n) is 2.01. The van der Waals surface area contributed by atoms with Crippen LogP contribution in [0.2, 0.25) is 0 Å². The first-order valence-electron chi connectivity index (χ1n) is 5.78. The summed E-state index contributed by atoms with van der Waals surface area (Å²) in [5.41, 5.74) is 3.71. The number of benzene rings is 2. The van der Waals surface area contributed by atoms with Gasteiger partial charge < -0.3 is 9.15 Å². The van der Waals surface area contributed by atoms with Gasteiger partial charge in [0, 0.05) is 5.56 Å². The van der Waals surface area contributed by atoms with E-state index in [-0.39, 0.29) is 0 Å². The molecule has 0 bridgehead atoms. The summed E-state index contributed by atoms with van der Waals surface area (Å²) >= 11 is 0. The second kappa shape index (κ2) is 4.18. The molecule has 0 aliphatic rings. The summed E-state index contributed by atoms with van der Waals surface area (Å²) in [6, 6.07) is 13.7. The molecule has 3 aromatic rings. The molecule has 18 heavy (non-hydrogen) atoms. The number of aromatic nitrogens is 1. The highest BCUT2D eigenvalue weighted by Crippen LogP contribution is 2.27. The first-order valence-corrected chi connectivity index (χ1v) is 5.78. The molecule has 1 aromatic heterocycles. The van der Waals surface area contributed by atoms with Crippen LogP contribution in [0, 0.1) is 6.92 Å². The molecule has 0 aliphatic heterocycles. The number of rotatable bonds is 2. The van der Waals surface area contributed by atoms with Gasteiger partial charge in [0.2, 0.25) is 5.89 Å². The smallest absolute Gasteiger partial charge is 0.227 e. The van der Waals surface area contributed by atoms with Crippen molar-refractivity contribution in [3.05, 3.63) is 48.0 Å². The van der Waals surface area contributed by atoms with Crippen LogP contribution in [0.1, 0.15) is 5.56 Å². The lowest BCUT2D eigenvalue weighted by molar-refractivity contribution is 0.411. The number of methoxy groups -OCH3 is 1. The lowest BCUT2D eigenvalue weighted by Crippen LogP contribution is -1.87. The predicted octanol–water partition coefficient (Wildman–Crippen LogP) is 3.81. The van der Waals surface area contributed by atoms with Gasteiger partial charge in [-0.05, 0) is 42.8 Å². The normalized spacial score (nSPS) is 10.8. The number of oxazole rings is 1. The predicted molar refractivity (Wildman–Crippen MR) is 70.7 cm³/mol. The lowest BCUT2D eigenvalue weighted by Gasteiger charge is -2.04. The maximum Gasteiger partial charge on any atom is 0.227 e. The zero-order valence-electron chi connectivity index (χ0n) is 10.3. The highest BCUT2D eigenvalue weighted by molar-refractivity contribution is 5.76. The second-order valence-electron chi connectivity index (χ2n) is 4.17. The van der Waals surface area contributed by atoms with E-state index in [4.69, 9.17) is 9.15 Å². The molecule has 0 radical (unpaired) electrons. The summed E-state index contributed by atoms with van der Waals surface area (Å²) in [6.07, 6.45) is 0. The average molecular weight is 239 g/mol. The summed E-state index contributed by atoms with van der Waals surface area (Å²) < 4.78 is 11.0. The van der Waals surface area contributed by atoms with Gasteiger partial charge in [0.05, 0.1) is 7.11 Å². The van der Waals surface area contributed by atoms with Crippen molar-refractivity contribution in [2.45, 2.75) is 6.92 Å². The summed E-state index contributed by atoms with van der Waals surface area (Å²) in [6.45, 7) is 2.00. The minimum absolute atomic E-state index is 0.641. The Hall–Kier alpha value is -2.29. The molecule has 0 unspecified atom stereocenters. The van der Waals surface area contributed by atoms with E-state index in [0.717, 1.165) is 28.0 Å². The molecule has 0 spiro atoms. The number of para-hydroxylation sites is 2. The van der Waals surface area contributed by atoms with Gasteiger partial charge >= 0.3 is 0 Å². The topological polar surface area (TPSA) is 35.3 Å². The maximum atomic E-state index is 5.73. The van der Waals surface area contributed by atoms with Crippen molar-refractivity contribution in [3.8, 4) is 17.2 Å². The Kier molecular flexibility index (Phi) is 2.52. The second-order valence-corrected chi connectivity index (χ2v) is 4.17. The molecule has 0 aliphatic carbocycles. The van der Waals surface area contributed by atoms with Crippen molar-refractivity contribution in [2.24, 2.45) is 0 Å². The zero-order valence-corrected chi connectivity index (χ0v) is 10.3. The standard InChI is InChI=1S/C15H13NO2/c1-10-9-11(7-8-13(10)17-2)15-16-12-5-3-4-6-14(12)18-15/h3-9H,1-2H3. The number of hydrogen-bond acceptors (Lipinski definition) is 3. The zero-order chi connectivity index (χ0) is 12.5. The van der Waals surface area contributed by atoms with E-state index >= 15 is 0 Å². The molecule has 0 fully saturated rings. The lowest BCUT2D eigenvalue weighted by atomic mass is 10.1. The van der Waals surface area contributed by atoms with E-state index < -0.39 is 0 Å². The Balaban J connectivity index is 2.11. The molecule has 1 heterocycles. The van der Waals surface area contributed by atoms with E-state index in [1.165, 1.54) is 0 Å². The van der Waals surface area contributed by atoms with Crippen molar-refractivity contribution in [1.82, 2.24) is 4.98 Å².